The average Bonchev–Trinajstić information content (AvgIpc) is 2.43. The summed E-state index contributed by atoms with van der Waals surface area (Å²) in [6.45, 7) is 1.92. The molecule has 0 saturated carbocycles. The second-order valence-corrected chi connectivity index (χ2v) is 6.41. The van der Waals surface area contributed by atoms with E-state index in [2.05, 4.69) is 39.4 Å². The van der Waals surface area contributed by atoms with Gasteiger partial charge in [-0.25, -0.2) is 0 Å². The van der Waals surface area contributed by atoms with Gasteiger partial charge in [0.1, 0.15) is 5.75 Å². The summed E-state index contributed by atoms with van der Waals surface area (Å²) >= 11 is 3.53. The number of phenolic OH excluding ortho intramolecular Hbond substituents is 1. The molecule has 2 aromatic carbocycles. The Morgan fingerprint density at radius 1 is 1.15 bits per heavy atom. The lowest BCUT2D eigenvalue weighted by Crippen LogP contribution is -2.27. The quantitative estimate of drug-likeness (QED) is 0.797. The third kappa shape index (κ3) is 2.83. The van der Waals surface area contributed by atoms with E-state index in [1.165, 1.54) is 11.1 Å². The Balaban J connectivity index is 1.74. The van der Waals surface area contributed by atoms with Crippen molar-refractivity contribution in [1.82, 2.24) is 0 Å². The molecule has 2 N–H and O–H groups in total. The molecule has 104 valence electrons. The Kier molecular flexibility index (Phi) is 3.70. The first-order chi connectivity index (χ1) is 9.61. The molecule has 0 amide bonds. The molecule has 2 aromatic rings. The van der Waals surface area contributed by atoms with Crippen LogP contribution in [0, 0.1) is 6.92 Å². The molecule has 0 aliphatic heterocycles. The summed E-state index contributed by atoms with van der Waals surface area (Å²) in [6.07, 6.45) is 3.31. The fraction of sp³-hybridized carbons (Fsp3) is 0.294. The first-order valence-corrected chi connectivity index (χ1v) is 7.74. The van der Waals surface area contributed by atoms with Gasteiger partial charge in [-0.05, 0) is 73.2 Å². The van der Waals surface area contributed by atoms with Crippen molar-refractivity contribution < 1.29 is 5.11 Å². The van der Waals surface area contributed by atoms with Gasteiger partial charge >= 0.3 is 0 Å². The van der Waals surface area contributed by atoms with Gasteiger partial charge in [-0.2, -0.15) is 0 Å². The van der Waals surface area contributed by atoms with Crippen LogP contribution in [0.15, 0.2) is 40.9 Å². The van der Waals surface area contributed by atoms with Crippen molar-refractivity contribution in [2.24, 2.45) is 0 Å². The zero-order chi connectivity index (χ0) is 14.1. The van der Waals surface area contributed by atoms with Crippen molar-refractivity contribution in [3.63, 3.8) is 0 Å². The first kappa shape index (κ1) is 13.5. The fourth-order valence-electron chi connectivity index (χ4n) is 2.83. The van der Waals surface area contributed by atoms with Crippen LogP contribution in [0.25, 0.3) is 0 Å². The number of rotatable bonds is 2. The van der Waals surface area contributed by atoms with Crippen molar-refractivity contribution >= 4 is 21.6 Å². The number of phenols is 1. The van der Waals surface area contributed by atoms with Gasteiger partial charge in [-0.3, -0.25) is 0 Å². The average molecular weight is 332 g/mol. The molecule has 1 unspecified atom stereocenters. The predicted molar refractivity (Wildman–Crippen MR) is 86.4 cm³/mol. The normalized spacial score (nSPS) is 17.6. The molecule has 1 aliphatic carbocycles. The summed E-state index contributed by atoms with van der Waals surface area (Å²) in [5.41, 5.74) is 4.90. The van der Waals surface area contributed by atoms with E-state index in [0.717, 1.165) is 35.0 Å². The number of halogens is 1. The zero-order valence-electron chi connectivity index (χ0n) is 11.5. The maximum atomic E-state index is 9.57. The molecule has 20 heavy (non-hydrogen) atoms. The maximum absolute atomic E-state index is 9.57. The summed E-state index contributed by atoms with van der Waals surface area (Å²) in [7, 11) is 0. The van der Waals surface area contributed by atoms with E-state index in [9.17, 15) is 5.11 Å². The van der Waals surface area contributed by atoms with Gasteiger partial charge in [-0.1, -0.05) is 22.0 Å². The number of hydrogen-bond donors (Lipinski definition) is 2. The summed E-state index contributed by atoms with van der Waals surface area (Å²) in [5, 5.41) is 13.2. The smallest absolute Gasteiger partial charge is 0.118 e. The zero-order valence-corrected chi connectivity index (χ0v) is 13.1. The molecule has 2 nitrogen and oxygen atoms in total. The van der Waals surface area contributed by atoms with Gasteiger partial charge < -0.3 is 10.4 Å². The van der Waals surface area contributed by atoms with Crippen LogP contribution in [0.3, 0.4) is 0 Å². The Morgan fingerprint density at radius 3 is 2.80 bits per heavy atom. The van der Waals surface area contributed by atoms with Crippen molar-refractivity contribution in [3.05, 3.63) is 57.6 Å². The van der Waals surface area contributed by atoms with Gasteiger partial charge in [0, 0.05) is 16.2 Å². The van der Waals surface area contributed by atoms with E-state index in [1.54, 1.807) is 6.07 Å². The van der Waals surface area contributed by atoms with E-state index in [4.69, 9.17) is 0 Å². The van der Waals surface area contributed by atoms with Crippen LogP contribution in [-0.4, -0.2) is 11.1 Å². The summed E-state index contributed by atoms with van der Waals surface area (Å²) in [5.74, 6) is 0.356. The van der Waals surface area contributed by atoms with Crippen LogP contribution in [0.2, 0.25) is 0 Å². The molecule has 1 aliphatic rings. The predicted octanol–water partition coefficient (Wildman–Crippen LogP) is 4.43. The molecule has 0 heterocycles. The van der Waals surface area contributed by atoms with Crippen molar-refractivity contribution in [3.8, 4) is 5.75 Å². The highest BCUT2D eigenvalue weighted by Crippen LogP contribution is 2.27. The monoisotopic (exact) mass is 331 g/mol. The molecular weight excluding hydrogens is 314 g/mol. The summed E-state index contributed by atoms with van der Waals surface area (Å²) in [4.78, 5) is 0. The van der Waals surface area contributed by atoms with Crippen LogP contribution in [-0.2, 0) is 12.8 Å². The Morgan fingerprint density at radius 2 is 2.00 bits per heavy atom. The largest absolute Gasteiger partial charge is 0.508 e. The van der Waals surface area contributed by atoms with Gasteiger partial charge in [0.05, 0.1) is 0 Å². The number of aryl methyl sites for hydroxylation is 2. The second kappa shape index (κ2) is 5.49. The number of hydrogen-bond acceptors (Lipinski definition) is 2. The Bertz CT molecular complexity index is 639. The Labute approximate surface area is 128 Å². The second-order valence-electron chi connectivity index (χ2n) is 5.50. The molecule has 0 bridgehead atoms. The van der Waals surface area contributed by atoms with E-state index in [0.29, 0.717) is 11.8 Å². The number of fused-ring (bicyclic) bond motifs is 1. The van der Waals surface area contributed by atoms with Crippen LogP contribution in [0.5, 0.6) is 5.75 Å². The molecule has 3 heteroatoms. The summed E-state index contributed by atoms with van der Waals surface area (Å²) < 4.78 is 1.16. The summed E-state index contributed by atoms with van der Waals surface area (Å²) in [6, 6.07) is 12.7. The fourth-order valence-corrected chi connectivity index (χ4v) is 3.24. The maximum Gasteiger partial charge on any atom is 0.118 e. The van der Waals surface area contributed by atoms with Crippen molar-refractivity contribution in [2.75, 3.05) is 5.32 Å². The molecule has 1 atom stereocenters. The Hall–Kier alpha value is -1.48. The van der Waals surface area contributed by atoms with Crippen LogP contribution in [0.4, 0.5) is 5.69 Å². The van der Waals surface area contributed by atoms with Gasteiger partial charge in [0.25, 0.3) is 0 Å². The standard InChI is InChI=1S/C17H18BrNO/c1-11-8-15(6-7-17(11)20)19-16-5-3-12-9-14(18)4-2-13(12)10-16/h2,4,6-9,16,19-20H,3,5,10H2,1H3. The first-order valence-electron chi connectivity index (χ1n) is 6.95. The highest BCUT2D eigenvalue weighted by Gasteiger charge is 2.18. The topological polar surface area (TPSA) is 32.3 Å². The molecular formula is C17H18BrNO. The highest BCUT2D eigenvalue weighted by atomic mass is 79.9. The van der Waals surface area contributed by atoms with Crippen molar-refractivity contribution in [2.45, 2.75) is 32.2 Å². The number of nitrogens with one attached hydrogen (secondary N) is 1. The van der Waals surface area contributed by atoms with E-state index in [1.807, 2.05) is 19.1 Å². The van der Waals surface area contributed by atoms with E-state index >= 15 is 0 Å². The SMILES string of the molecule is Cc1cc(NC2CCc3cc(Br)ccc3C2)ccc1O. The van der Waals surface area contributed by atoms with Gasteiger partial charge in [0.2, 0.25) is 0 Å². The molecule has 0 saturated heterocycles. The minimum Gasteiger partial charge on any atom is -0.508 e. The minimum atomic E-state index is 0.356. The lowest BCUT2D eigenvalue weighted by atomic mass is 9.88. The number of benzene rings is 2. The molecule has 3 rings (SSSR count). The third-order valence-corrected chi connectivity index (χ3v) is 4.46. The third-order valence-electron chi connectivity index (χ3n) is 3.96. The molecule has 0 aromatic heterocycles. The molecule has 0 fully saturated rings. The van der Waals surface area contributed by atoms with Crippen LogP contribution < -0.4 is 5.32 Å². The van der Waals surface area contributed by atoms with Crippen LogP contribution >= 0.6 is 15.9 Å². The minimum absolute atomic E-state index is 0.356. The lowest BCUT2D eigenvalue weighted by Gasteiger charge is -2.26. The van der Waals surface area contributed by atoms with E-state index in [-0.39, 0.29) is 0 Å². The number of anilines is 1. The van der Waals surface area contributed by atoms with Gasteiger partial charge in [-0.15, -0.1) is 0 Å². The highest BCUT2D eigenvalue weighted by molar-refractivity contribution is 9.10. The lowest BCUT2D eigenvalue weighted by molar-refractivity contribution is 0.471. The van der Waals surface area contributed by atoms with E-state index < -0.39 is 0 Å². The van der Waals surface area contributed by atoms with Gasteiger partial charge in [0.15, 0.2) is 0 Å². The number of aromatic hydroxyl groups is 1. The molecule has 0 spiro atoms. The van der Waals surface area contributed by atoms with Crippen LogP contribution in [0.1, 0.15) is 23.1 Å². The molecule has 0 radical (unpaired) electrons. The van der Waals surface area contributed by atoms with Crippen molar-refractivity contribution in [1.29, 1.82) is 0 Å².